The second-order valence-electron chi connectivity index (χ2n) is 7.60. The summed E-state index contributed by atoms with van der Waals surface area (Å²) in [6.45, 7) is 6.99. The normalized spacial score (nSPS) is 11.8. The summed E-state index contributed by atoms with van der Waals surface area (Å²) in [5.41, 5.74) is 1.87. The van der Waals surface area contributed by atoms with Crippen LogP contribution in [0.2, 0.25) is 0 Å². The van der Waals surface area contributed by atoms with Crippen molar-refractivity contribution >= 4 is 11.8 Å². The highest BCUT2D eigenvalue weighted by Crippen LogP contribution is 2.18. The molecule has 0 unspecified atom stereocenters. The van der Waals surface area contributed by atoms with Crippen LogP contribution in [0.25, 0.3) is 0 Å². The molecule has 2 aromatic carbocycles. The van der Waals surface area contributed by atoms with Gasteiger partial charge in [-0.15, -0.1) is 0 Å². The first-order valence-corrected chi connectivity index (χ1v) is 10.2. The first-order chi connectivity index (χ1) is 13.9. The minimum atomic E-state index is -0.517. The van der Waals surface area contributed by atoms with Gasteiger partial charge in [-0.25, -0.2) is 0 Å². The van der Waals surface area contributed by atoms with Crippen LogP contribution in [0.1, 0.15) is 38.3 Å². The van der Waals surface area contributed by atoms with Gasteiger partial charge in [0.15, 0.2) is 0 Å². The van der Waals surface area contributed by atoms with Crippen molar-refractivity contribution in [1.82, 2.24) is 10.2 Å². The fraction of sp³-hybridized carbons (Fsp3) is 0.417. The van der Waals surface area contributed by atoms with Crippen LogP contribution in [0, 0.1) is 5.92 Å². The highest BCUT2D eigenvalue weighted by Gasteiger charge is 2.28. The van der Waals surface area contributed by atoms with Crippen molar-refractivity contribution in [2.75, 3.05) is 13.7 Å². The molecule has 0 aliphatic carbocycles. The molecule has 5 nitrogen and oxygen atoms in total. The molecular formula is C24H32N2O3. The molecule has 5 heteroatoms. The molecule has 0 heterocycles. The van der Waals surface area contributed by atoms with E-state index in [1.54, 1.807) is 12.0 Å². The lowest BCUT2D eigenvalue weighted by atomic mass is 10.1. The number of carbonyl (C=O) groups is 2. The average molecular weight is 397 g/mol. The van der Waals surface area contributed by atoms with E-state index in [1.165, 1.54) is 0 Å². The predicted octanol–water partition coefficient (Wildman–Crippen LogP) is 3.82. The number of hydrogen-bond donors (Lipinski definition) is 1. The number of nitrogens with zero attached hydrogens (tertiary/aromatic N) is 1. The lowest BCUT2D eigenvalue weighted by molar-refractivity contribution is -0.141. The number of nitrogens with one attached hydrogen (secondary N) is 1. The summed E-state index contributed by atoms with van der Waals surface area (Å²) in [6.07, 6.45) is 0.813. The van der Waals surface area contributed by atoms with Gasteiger partial charge in [0.05, 0.1) is 13.5 Å². The SMILES string of the molecule is CC[C@@H](C(=O)NCC(C)C)N(Cc1cccc(OC)c1)C(=O)Cc1ccccc1. The average Bonchev–Trinajstić information content (AvgIpc) is 2.72. The number of carbonyl (C=O) groups excluding carboxylic acids is 2. The third-order valence-corrected chi connectivity index (χ3v) is 4.76. The van der Waals surface area contributed by atoms with Crippen molar-refractivity contribution < 1.29 is 14.3 Å². The second-order valence-corrected chi connectivity index (χ2v) is 7.60. The molecule has 156 valence electrons. The van der Waals surface area contributed by atoms with Crippen LogP contribution in [0.3, 0.4) is 0 Å². The molecule has 0 radical (unpaired) electrons. The maximum absolute atomic E-state index is 13.2. The van der Waals surface area contributed by atoms with Gasteiger partial charge in [0.25, 0.3) is 0 Å². The van der Waals surface area contributed by atoms with Crippen LogP contribution in [0.5, 0.6) is 5.75 Å². The second kappa shape index (κ2) is 11.2. The third kappa shape index (κ3) is 6.93. The molecule has 2 amide bonds. The standard InChI is InChI=1S/C24H32N2O3/c1-5-22(24(28)25-16-18(2)3)26(17-20-12-9-13-21(14-20)29-4)23(27)15-19-10-7-6-8-11-19/h6-14,18,22H,5,15-17H2,1-4H3,(H,25,28)/t22-/m0/s1. The first kappa shape index (κ1) is 22.5. The van der Waals surface area contributed by atoms with Gasteiger partial charge in [-0.1, -0.05) is 63.2 Å². The Morgan fingerprint density at radius 1 is 1.03 bits per heavy atom. The number of rotatable bonds is 10. The van der Waals surface area contributed by atoms with Crippen LogP contribution >= 0.6 is 0 Å². The van der Waals surface area contributed by atoms with E-state index < -0.39 is 6.04 Å². The van der Waals surface area contributed by atoms with Crippen molar-refractivity contribution in [3.8, 4) is 5.75 Å². The van der Waals surface area contributed by atoms with Gasteiger partial charge in [0, 0.05) is 13.1 Å². The summed E-state index contributed by atoms with van der Waals surface area (Å²) in [4.78, 5) is 27.8. The lowest BCUT2D eigenvalue weighted by Crippen LogP contribution is -2.50. The van der Waals surface area contributed by atoms with Crippen molar-refractivity contribution in [3.63, 3.8) is 0 Å². The molecule has 2 rings (SSSR count). The number of hydrogen-bond acceptors (Lipinski definition) is 3. The Bertz CT molecular complexity index is 790. The zero-order chi connectivity index (χ0) is 21.2. The Hall–Kier alpha value is -2.82. The number of benzene rings is 2. The smallest absolute Gasteiger partial charge is 0.242 e. The van der Waals surface area contributed by atoms with E-state index in [4.69, 9.17) is 4.74 Å². The summed E-state index contributed by atoms with van der Waals surface area (Å²) in [5, 5.41) is 2.98. The van der Waals surface area contributed by atoms with E-state index in [1.807, 2.05) is 61.5 Å². The van der Waals surface area contributed by atoms with Crippen molar-refractivity contribution in [1.29, 1.82) is 0 Å². The summed E-state index contributed by atoms with van der Waals surface area (Å²) in [7, 11) is 1.62. The third-order valence-electron chi connectivity index (χ3n) is 4.76. The molecule has 0 bridgehead atoms. The molecule has 1 N–H and O–H groups in total. The minimum absolute atomic E-state index is 0.0643. The monoisotopic (exact) mass is 396 g/mol. The molecule has 0 aromatic heterocycles. The summed E-state index contributed by atoms with van der Waals surface area (Å²) >= 11 is 0. The highest BCUT2D eigenvalue weighted by atomic mass is 16.5. The molecule has 0 spiro atoms. The predicted molar refractivity (Wildman–Crippen MR) is 116 cm³/mol. The molecule has 0 saturated carbocycles. The van der Waals surface area contributed by atoms with Crippen LogP contribution in [-0.4, -0.2) is 36.4 Å². The maximum Gasteiger partial charge on any atom is 0.242 e. The summed E-state index contributed by atoms with van der Waals surface area (Å²) in [6, 6.07) is 16.7. The van der Waals surface area contributed by atoms with Gasteiger partial charge in [-0.2, -0.15) is 0 Å². The van der Waals surface area contributed by atoms with E-state index in [0.29, 0.717) is 25.4 Å². The maximum atomic E-state index is 13.2. The van der Waals surface area contributed by atoms with Gasteiger partial charge in [-0.05, 0) is 35.6 Å². The van der Waals surface area contributed by atoms with E-state index in [0.717, 1.165) is 16.9 Å². The van der Waals surface area contributed by atoms with E-state index in [-0.39, 0.29) is 18.2 Å². The van der Waals surface area contributed by atoms with E-state index in [9.17, 15) is 9.59 Å². The number of ether oxygens (including phenoxy) is 1. The number of amides is 2. The quantitative estimate of drug-likeness (QED) is 0.664. The van der Waals surface area contributed by atoms with Gasteiger partial charge >= 0.3 is 0 Å². The van der Waals surface area contributed by atoms with Crippen LogP contribution in [0.4, 0.5) is 0 Å². The van der Waals surface area contributed by atoms with Gasteiger partial charge < -0.3 is 15.0 Å². The molecule has 0 aliphatic heterocycles. The molecule has 29 heavy (non-hydrogen) atoms. The Labute approximate surface area is 174 Å². The minimum Gasteiger partial charge on any atom is -0.497 e. The summed E-state index contributed by atoms with van der Waals surface area (Å²) in [5.74, 6) is 0.912. The Balaban J connectivity index is 2.26. The molecule has 0 fully saturated rings. The molecule has 0 aliphatic rings. The van der Waals surface area contributed by atoms with Crippen LogP contribution < -0.4 is 10.1 Å². The van der Waals surface area contributed by atoms with Crippen LogP contribution in [-0.2, 0) is 22.6 Å². The van der Waals surface area contributed by atoms with Crippen LogP contribution in [0.15, 0.2) is 54.6 Å². The van der Waals surface area contributed by atoms with Gasteiger partial charge in [-0.3, -0.25) is 9.59 Å². The zero-order valence-corrected chi connectivity index (χ0v) is 17.9. The summed E-state index contributed by atoms with van der Waals surface area (Å²) < 4.78 is 5.31. The van der Waals surface area contributed by atoms with E-state index >= 15 is 0 Å². The number of methoxy groups -OCH3 is 1. The topological polar surface area (TPSA) is 58.6 Å². The Kier molecular flexibility index (Phi) is 8.71. The van der Waals surface area contributed by atoms with Gasteiger partial charge in [0.2, 0.25) is 11.8 Å². The first-order valence-electron chi connectivity index (χ1n) is 10.2. The largest absolute Gasteiger partial charge is 0.497 e. The molecule has 0 saturated heterocycles. The fourth-order valence-electron chi connectivity index (χ4n) is 3.18. The highest BCUT2D eigenvalue weighted by molar-refractivity contribution is 5.88. The zero-order valence-electron chi connectivity index (χ0n) is 17.9. The lowest BCUT2D eigenvalue weighted by Gasteiger charge is -2.31. The Morgan fingerprint density at radius 3 is 2.34 bits per heavy atom. The Morgan fingerprint density at radius 2 is 1.72 bits per heavy atom. The fourth-order valence-corrected chi connectivity index (χ4v) is 3.18. The molecule has 2 aromatic rings. The molecule has 1 atom stereocenters. The van der Waals surface area contributed by atoms with Crippen molar-refractivity contribution in [2.24, 2.45) is 5.92 Å². The molecular weight excluding hydrogens is 364 g/mol. The van der Waals surface area contributed by atoms with Crippen molar-refractivity contribution in [3.05, 3.63) is 65.7 Å². The van der Waals surface area contributed by atoms with E-state index in [2.05, 4.69) is 19.2 Å². The van der Waals surface area contributed by atoms with Crippen molar-refractivity contribution in [2.45, 2.75) is 46.2 Å². The van der Waals surface area contributed by atoms with Gasteiger partial charge in [0.1, 0.15) is 11.8 Å².